The average molecular weight is 404 g/mol. The Hall–Kier alpha value is -1.93. The van der Waals surface area contributed by atoms with E-state index in [-0.39, 0.29) is 5.78 Å². The van der Waals surface area contributed by atoms with E-state index in [0.29, 0.717) is 16.8 Å². The fraction of sp³-hybridized carbons (Fsp3) is 0.474. The van der Waals surface area contributed by atoms with Gasteiger partial charge in [0.2, 0.25) is 5.16 Å². The summed E-state index contributed by atoms with van der Waals surface area (Å²) in [6, 6.07) is 6.24. The van der Waals surface area contributed by atoms with E-state index in [1.165, 1.54) is 16.6 Å². The largest absolute Gasteiger partial charge is 0.348 e. The quantitative estimate of drug-likeness (QED) is 0.399. The first-order valence-corrected chi connectivity index (χ1v) is 10.9. The molecule has 0 aliphatic rings. The maximum atomic E-state index is 12.8. The Bertz CT molecular complexity index is 895. The highest BCUT2D eigenvalue weighted by atomic mass is 32.2. The van der Waals surface area contributed by atoms with E-state index in [4.69, 9.17) is 0 Å². The molecule has 0 unspecified atom stereocenters. The predicted octanol–water partition coefficient (Wildman–Crippen LogP) is 4.03. The molecule has 3 aromatic rings. The molecule has 0 spiro atoms. The first-order chi connectivity index (χ1) is 13.0. The van der Waals surface area contributed by atoms with Gasteiger partial charge in [0, 0.05) is 34.9 Å². The first kappa shape index (κ1) is 19.8. The SMILES string of the molecule is Cc1cc(C(=O)CSc2nnnn2CC(C)C)c(C)n1CCc1cccs1. The molecule has 0 radical (unpaired) electrons. The Kier molecular flexibility index (Phi) is 6.49. The third-order valence-corrected chi connectivity index (χ3v) is 6.30. The van der Waals surface area contributed by atoms with E-state index >= 15 is 0 Å². The lowest BCUT2D eigenvalue weighted by Crippen LogP contribution is -2.10. The molecule has 0 saturated carbocycles. The number of hydrogen-bond acceptors (Lipinski definition) is 6. The second-order valence-electron chi connectivity index (χ2n) is 7.02. The molecule has 0 N–H and O–H groups in total. The number of ketones is 1. The van der Waals surface area contributed by atoms with Gasteiger partial charge in [0.25, 0.3) is 0 Å². The van der Waals surface area contributed by atoms with Crippen molar-refractivity contribution in [2.24, 2.45) is 5.92 Å². The van der Waals surface area contributed by atoms with Crippen LogP contribution in [0, 0.1) is 19.8 Å². The number of aryl methyl sites for hydroxylation is 2. The summed E-state index contributed by atoms with van der Waals surface area (Å²) >= 11 is 3.18. The number of Topliss-reactive ketones (excluding diaryl/α,β-unsaturated/α-hetero) is 1. The summed E-state index contributed by atoms with van der Waals surface area (Å²) in [5, 5.41) is 14.6. The number of rotatable bonds is 9. The van der Waals surface area contributed by atoms with Gasteiger partial charge in [-0.15, -0.1) is 16.4 Å². The van der Waals surface area contributed by atoms with Gasteiger partial charge in [0.1, 0.15) is 0 Å². The zero-order valence-corrected chi connectivity index (χ0v) is 17.8. The summed E-state index contributed by atoms with van der Waals surface area (Å²) in [5.74, 6) is 0.911. The molecule has 3 aromatic heterocycles. The van der Waals surface area contributed by atoms with E-state index in [1.54, 1.807) is 16.0 Å². The zero-order valence-electron chi connectivity index (χ0n) is 16.2. The maximum Gasteiger partial charge on any atom is 0.209 e. The van der Waals surface area contributed by atoms with Gasteiger partial charge in [-0.1, -0.05) is 31.7 Å². The van der Waals surface area contributed by atoms with E-state index < -0.39 is 0 Å². The molecule has 0 aromatic carbocycles. The highest BCUT2D eigenvalue weighted by Crippen LogP contribution is 2.22. The van der Waals surface area contributed by atoms with Gasteiger partial charge in [-0.25, -0.2) is 4.68 Å². The zero-order chi connectivity index (χ0) is 19.4. The Morgan fingerprint density at radius 2 is 2.15 bits per heavy atom. The van der Waals surface area contributed by atoms with Gasteiger partial charge in [0.15, 0.2) is 5.78 Å². The summed E-state index contributed by atoms with van der Waals surface area (Å²) in [6.07, 6.45) is 0.986. The topological polar surface area (TPSA) is 65.6 Å². The van der Waals surface area contributed by atoms with Crippen molar-refractivity contribution in [3.63, 3.8) is 0 Å². The maximum absolute atomic E-state index is 12.8. The number of carbonyl (C=O) groups excluding carboxylic acids is 1. The highest BCUT2D eigenvalue weighted by Gasteiger charge is 2.18. The van der Waals surface area contributed by atoms with Gasteiger partial charge in [-0.2, -0.15) is 0 Å². The van der Waals surface area contributed by atoms with Crippen LogP contribution in [-0.4, -0.2) is 36.3 Å². The molecule has 0 atom stereocenters. The van der Waals surface area contributed by atoms with Crippen LogP contribution in [0.25, 0.3) is 0 Å². The van der Waals surface area contributed by atoms with Crippen LogP contribution >= 0.6 is 23.1 Å². The van der Waals surface area contributed by atoms with Gasteiger partial charge in [-0.3, -0.25) is 4.79 Å². The molecule has 0 fully saturated rings. The van der Waals surface area contributed by atoms with Gasteiger partial charge in [0.05, 0.1) is 5.75 Å². The fourth-order valence-electron chi connectivity index (χ4n) is 3.07. The van der Waals surface area contributed by atoms with Crippen LogP contribution in [-0.2, 0) is 19.5 Å². The minimum Gasteiger partial charge on any atom is -0.348 e. The Morgan fingerprint density at radius 3 is 2.85 bits per heavy atom. The van der Waals surface area contributed by atoms with E-state index in [2.05, 4.69) is 58.4 Å². The number of carbonyl (C=O) groups is 1. The lowest BCUT2D eigenvalue weighted by molar-refractivity contribution is 0.102. The van der Waals surface area contributed by atoms with E-state index in [9.17, 15) is 4.79 Å². The minimum atomic E-state index is 0.120. The van der Waals surface area contributed by atoms with Crippen molar-refractivity contribution < 1.29 is 4.79 Å². The van der Waals surface area contributed by atoms with Crippen molar-refractivity contribution in [2.45, 2.75) is 52.4 Å². The summed E-state index contributed by atoms with van der Waals surface area (Å²) in [7, 11) is 0. The number of tetrazole rings is 1. The minimum absolute atomic E-state index is 0.120. The van der Waals surface area contributed by atoms with Crippen molar-refractivity contribution >= 4 is 28.9 Å². The standard InChI is InChI=1S/C19H25N5OS2/c1-13(2)11-24-19(20-21-22-24)27-12-18(25)17-10-14(3)23(15(17)4)8-7-16-6-5-9-26-16/h5-6,9-10,13H,7-8,11-12H2,1-4H3. The summed E-state index contributed by atoms with van der Waals surface area (Å²) in [5.41, 5.74) is 2.97. The molecule has 6 nitrogen and oxygen atoms in total. The van der Waals surface area contributed by atoms with Crippen LogP contribution in [0.4, 0.5) is 0 Å². The molecular weight excluding hydrogens is 378 g/mol. The summed E-state index contributed by atoms with van der Waals surface area (Å²) in [6.45, 7) is 9.97. The van der Waals surface area contributed by atoms with E-state index in [1.807, 2.05) is 13.0 Å². The Balaban J connectivity index is 1.65. The number of thioether (sulfide) groups is 1. The highest BCUT2D eigenvalue weighted by molar-refractivity contribution is 7.99. The van der Waals surface area contributed by atoms with Crippen LogP contribution in [0.15, 0.2) is 28.7 Å². The molecule has 3 heterocycles. The molecule has 0 amide bonds. The van der Waals surface area contributed by atoms with Crippen molar-refractivity contribution in [3.05, 3.63) is 45.4 Å². The van der Waals surface area contributed by atoms with Crippen molar-refractivity contribution in [2.75, 3.05) is 5.75 Å². The fourth-order valence-corrected chi connectivity index (χ4v) is 4.54. The van der Waals surface area contributed by atoms with E-state index in [0.717, 1.165) is 36.5 Å². The third-order valence-electron chi connectivity index (χ3n) is 4.41. The van der Waals surface area contributed by atoms with Gasteiger partial charge >= 0.3 is 0 Å². The average Bonchev–Trinajstić information content (AvgIpc) is 3.33. The molecule has 27 heavy (non-hydrogen) atoms. The number of thiophene rings is 1. The molecule has 8 heteroatoms. The lowest BCUT2D eigenvalue weighted by atomic mass is 10.2. The lowest BCUT2D eigenvalue weighted by Gasteiger charge is -2.09. The van der Waals surface area contributed by atoms with Crippen molar-refractivity contribution in [3.8, 4) is 0 Å². The van der Waals surface area contributed by atoms with Crippen LogP contribution in [0.1, 0.15) is 40.5 Å². The Morgan fingerprint density at radius 1 is 1.33 bits per heavy atom. The van der Waals surface area contributed by atoms with Crippen molar-refractivity contribution in [1.29, 1.82) is 0 Å². The molecule has 3 rings (SSSR count). The number of aromatic nitrogens is 5. The second-order valence-corrected chi connectivity index (χ2v) is 8.99. The summed E-state index contributed by atoms with van der Waals surface area (Å²) in [4.78, 5) is 14.1. The molecule has 0 bridgehead atoms. The monoisotopic (exact) mass is 403 g/mol. The van der Waals surface area contributed by atoms with Gasteiger partial charge < -0.3 is 4.57 Å². The second kappa shape index (κ2) is 8.84. The number of nitrogens with zero attached hydrogens (tertiary/aromatic N) is 5. The van der Waals surface area contributed by atoms with Crippen LogP contribution in [0.3, 0.4) is 0 Å². The molecule has 144 valence electrons. The van der Waals surface area contributed by atoms with Crippen molar-refractivity contribution in [1.82, 2.24) is 24.8 Å². The summed E-state index contributed by atoms with van der Waals surface area (Å²) < 4.78 is 4.01. The molecular formula is C19H25N5OS2. The smallest absolute Gasteiger partial charge is 0.209 e. The molecule has 0 aliphatic heterocycles. The predicted molar refractivity (Wildman–Crippen MR) is 110 cm³/mol. The first-order valence-electron chi connectivity index (χ1n) is 9.07. The van der Waals surface area contributed by atoms with Crippen LogP contribution in [0.5, 0.6) is 0 Å². The van der Waals surface area contributed by atoms with Gasteiger partial charge in [-0.05, 0) is 54.1 Å². The van der Waals surface area contributed by atoms with Crippen LogP contribution in [0.2, 0.25) is 0 Å². The van der Waals surface area contributed by atoms with Crippen LogP contribution < -0.4 is 0 Å². The normalized spacial score (nSPS) is 11.4. The molecule has 0 aliphatic carbocycles. The molecule has 0 saturated heterocycles. The Labute approximate surface area is 168 Å². The number of hydrogen-bond donors (Lipinski definition) is 0. The third kappa shape index (κ3) is 4.87.